The molecule has 0 amide bonds. The Balaban J connectivity index is 1.48. The number of nitrogens with zero attached hydrogens (tertiary/aromatic N) is 2. The summed E-state index contributed by atoms with van der Waals surface area (Å²) in [5.74, 6) is -1.73. The molecule has 4 fully saturated rings. The summed E-state index contributed by atoms with van der Waals surface area (Å²) in [6.45, 7) is 4.35. The van der Waals surface area contributed by atoms with Crippen LogP contribution in [0.25, 0.3) is 0 Å². The molecule has 7 rings (SSSR count). The van der Waals surface area contributed by atoms with Crippen LogP contribution >= 0.6 is 11.6 Å². The van der Waals surface area contributed by atoms with Crippen molar-refractivity contribution < 1.29 is 21.7 Å². The number of benzene rings is 3. The Morgan fingerprint density at radius 2 is 1.49 bits per heavy atom. The summed E-state index contributed by atoms with van der Waals surface area (Å²) in [4.78, 5) is 1.03. The highest BCUT2D eigenvalue weighted by molar-refractivity contribution is 7.91. The number of sulfone groups is 1. The highest BCUT2D eigenvalue weighted by Gasteiger charge is 2.86. The molecule has 4 saturated heterocycles. The van der Waals surface area contributed by atoms with Gasteiger partial charge in [0.15, 0.2) is 0 Å². The smallest absolute Gasteiger partial charge is 0.240 e. The predicted octanol–water partition coefficient (Wildman–Crippen LogP) is 5.66. The van der Waals surface area contributed by atoms with Gasteiger partial charge < -0.3 is 0 Å². The lowest BCUT2D eigenvalue weighted by molar-refractivity contribution is -1.11. The van der Waals surface area contributed by atoms with E-state index in [2.05, 4.69) is 29.2 Å². The average Bonchev–Trinajstić information content (AvgIpc) is 3.29. The molecule has 0 aliphatic carbocycles. The third-order valence-electron chi connectivity index (χ3n) is 8.73. The van der Waals surface area contributed by atoms with E-state index in [1.54, 1.807) is 0 Å². The van der Waals surface area contributed by atoms with E-state index in [4.69, 9.17) is 11.6 Å². The van der Waals surface area contributed by atoms with Crippen LogP contribution in [-0.2, 0) is 21.3 Å². The van der Waals surface area contributed by atoms with Crippen molar-refractivity contribution in [3.8, 4) is 0 Å². The van der Waals surface area contributed by atoms with E-state index in [0.717, 1.165) is 36.8 Å². The lowest BCUT2D eigenvalue weighted by Crippen LogP contribution is -2.93. The van der Waals surface area contributed by atoms with Crippen LogP contribution in [0.1, 0.15) is 41.1 Å². The molecule has 0 N–H and O–H groups in total. The standard InChI is InChI=1S/C29H30ClF2N2O2S/c1-37(35,36)29(23-14-26(31)16-27(32)15-23)24-18-34(29,19-24)28(22-8-10-25(30)11-9-22)21-6-4-20(5-7-21)17-33-12-2-3-13-33/h4-11,14-16,24,28H,2-3,12-13,17-19H2,1H3/q+1. The molecule has 4 aliphatic rings. The average molecular weight is 544 g/mol. The molecular weight excluding hydrogens is 514 g/mol. The number of hydrogen-bond donors (Lipinski definition) is 0. The van der Waals surface area contributed by atoms with Gasteiger partial charge in [-0.05, 0) is 55.8 Å². The van der Waals surface area contributed by atoms with E-state index in [1.807, 2.05) is 24.3 Å². The summed E-state index contributed by atoms with van der Waals surface area (Å²) < 4.78 is 56.2. The third-order valence-corrected chi connectivity index (χ3v) is 11.0. The normalized spacial score (nSPS) is 27.9. The molecule has 4 heterocycles. The number of halogens is 3. The van der Waals surface area contributed by atoms with Crippen LogP contribution < -0.4 is 0 Å². The second-order valence-corrected chi connectivity index (χ2v) is 13.5. The fraction of sp³-hybridized carbons (Fsp3) is 0.379. The lowest BCUT2D eigenvalue weighted by Gasteiger charge is -2.76. The van der Waals surface area contributed by atoms with Crippen molar-refractivity contribution in [2.45, 2.75) is 30.3 Å². The largest absolute Gasteiger partial charge is 0.299 e. The van der Waals surface area contributed by atoms with Gasteiger partial charge in [0, 0.05) is 40.6 Å². The Labute approximate surface area is 222 Å². The van der Waals surface area contributed by atoms with Crippen molar-refractivity contribution in [3.05, 3.63) is 106 Å². The molecule has 194 valence electrons. The number of likely N-dealkylation sites (tertiary alicyclic amines) is 1. The fourth-order valence-electron chi connectivity index (χ4n) is 7.31. The number of rotatable bonds is 7. The predicted molar refractivity (Wildman–Crippen MR) is 141 cm³/mol. The van der Waals surface area contributed by atoms with Crippen molar-refractivity contribution in [2.24, 2.45) is 5.92 Å². The SMILES string of the molecule is CS(=O)(=O)C1(c2cc(F)cc(F)c2)C2C[N+]1(C(c1ccc(Cl)cc1)c1ccc(CN3CCCC3)cc1)C2. The Hall–Kier alpha value is -2.32. The van der Waals surface area contributed by atoms with Gasteiger partial charge in [-0.1, -0.05) is 48.0 Å². The number of hydrogen-bond acceptors (Lipinski definition) is 3. The van der Waals surface area contributed by atoms with Crippen LogP contribution in [0.15, 0.2) is 66.7 Å². The molecule has 0 radical (unpaired) electrons. The summed E-state index contributed by atoms with van der Waals surface area (Å²) in [6, 6.07) is 18.8. The Morgan fingerprint density at radius 1 is 0.946 bits per heavy atom. The van der Waals surface area contributed by atoms with E-state index in [0.29, 0.717) is 18.1 Å². The summed E-state index contributed by atoms with van der Waals surface area (Å²) in [5, 5.41) is 0.593. The molecule has 4 nitrogen and oxygen atoms in total. The first-order chi connectivity index (χ1) is 17.6. The van der Waals surface area contributed by atoms with Crippen molar-refractivity contribution >= 4 is 21.4 Å². The molecular formula is C29H30ClF2N2O2S+. The van der Waals surface area contributed by atoms with Gasteiger partial charge in [-0.3, -0.25) is 9.38 Å². The molecule has 2 bridgehead atoms. The number of quaternary nitrogens is 1. The zero-order valence-electron chi connectivity index (χ0n) is 20.7. The van der Waals surface area contributed by atoms with Gasteiger partial charge in [0.2, 0.25) is 14.7 Å². The van der Waals surface area contributed by atoms with E-state index in [9.17, 15) is 17.2 Å². The Kier molecular flexibility index (Phi) is 5.99. The molecule has 8 heteroatoms. The maximum absolute atomic E-state index is 14.4. The van der Waals surface area contributed by atoms with Crippen molar-refractivity contribution in [1.82, 2.24) is 4.90 Å². The van der Waals surface area contributed by atoms with Crippen LogP contribution in [0, 0.1) is 17.6 Å². The Morgan fingerprint density at radius 3 is 1.97 bits per heavy atom. The first-order valence-corrected chi connectivity index (χ1v) is 15.0. The van der Waals surface area contributed by atoms with Gasteiger partial charge >= 0.3 is 0 Å². The highest BCUT2D eigenvalue weighted by atomic mass is 35.5. The zero-order valence-corrected chi connectivity index (χ0v) is 22.3. The molecule has 4 aliphatic heterocycles. The van der Waals surface area contributed by atoms with Crippen LogP contribution in [0.3, 0.4) is 0 Å². The van der Waals surface area contributed by atoms with E-state index in [-0.39, 0.29) is 22.0 Å². The van der Waals surface area contributed by atoms with E-state index in [1.165, 1.54) is 36.8 Å². The van der Waals surface area contributed by atoms with Crippen LogP contribution in [0.5, 0.6) is 0 Å². The minimum Gasteiger partial charge on any atom is -0.299 e. The van der Waals surface area contributed by atoms with Gasteiger partial charge in [-0.25, -0.2) is 17.2 Å². The van der Waals surface area contributed by atoms with E-state index < -0.39 is 26.3 Å². The molecule has 0 aromatic heterocycles. The fourth-order valence-corrected chi connectivity index (χ4v) is 9.65. The first-order valence-electron chi connectivity index (χ1n) is 12.7. The van der Waals surface area contributed by atoms with Gasteiger partial charge in [-0.2, -0.15) is 0 Å². The quantitative estimate of drug-likeness (QED) is 0.361. The Bertz CT molecular complexity index is 1410. The maximum Gasteiger partial charge on any atom is 0.240 e. The lowest BCUT2D eigenvalue weighted by atomic mass is 9.64. The van der Waals surface area contributed by atoms with Crippen molar-refractivity contribution in [3.63, 3.8) is 0 Å². The summed E-state index contributed by atoms with van der Waals surface area (Å²) >= 11 is 6.21. The van der Waals surface area contributed by atoms with Gasteiger partial charge in [-0.15, -0.1) is 0 Å². The van der Waals surface area contributed by atoms with Crippen LogP contribution in [-0.4, -0.2) is 50.2 Å². The maximum atomic E-state index is 14.4. The molecule has 3 aromatic rings. The molecule has 0 saturated carbocycles. The first kappa shape index (κ1) is 25.0. The van der Waals surface area contributed by atoms with Crippen LogP contribution in [0.2, 0.25) is 5.02 Å². The van der Waals surface area contributed by atoms with Gasteiger partial charge in [0.1, 0.15) is 23.6 Å². The second-order valence-electron chi connectivity index (χ2n) is 10.9. The highest BCUT2D eigenvalue weighted by Crippen LogP contribution is 2.70. The second kappa shape index (κ2) is 8.87. The third kappa shape index (κ3) is 3.77. The molecule has 2 atom stereocenters. The summed E-state index contributed by atoms with van der Waals surface area (Å²) in [7, 11) is -3.76. The van der Waals surface area contributed by atoms with Crippen molar-refractivity contribution in [1.29, 1.82) is 0 Å². The minimum absolute atomic E-state index is 0.187. The molecule has 3 aromatic carbocycles. The molecule has 2 unspecified atom stereocenters. The summed E-state index contributed by atoms with van der Waals surface area (Å²) in [6.07, 6.45) is 3.66. The minimum atomic E-state index is -3.76. The van der Waals surface area contributed by atoms with Gasteiger partial charge in [0.25, 0.3) is 0 Å². The molecule has 0 spiro atoms. The van der Waals surface area contributed by atoms with Crippen LogP contribution in [0.4, 0.5) is 8.78 Å². The monoisotopic (exact) mass is 543 g/mol. The zero-order chi connectivity index (χ0) is 26.0. The van der Waals surface area contributed by atoms with E-state index >= 15 is 0 Å². The summed E-state index contributed by atoms with van der Waals surface area (Å²) in [5.41, 5.74) is 3.32. The van der Waals surface area contributed by atoms with Crippen molar-refractivity contribution in [2.75, 3.05) is 32.4 Å². The van der Waals surface area contributed by atoms with Gasteiger partial charge in [0.05, 0.1) is 13.1 Å². The topological polar surface area (TPSA) is 37.4 Å². The molecule has 37 heavy (non-hydrogen) atoms.